The number of carboxylic acids is 1. The zero-order valence-electron chi connectivity index (χ0n) is 6.75. The van der Waals surface area contributed by atoms with E-state index in [0.717, 1.165) is 0 Å². The lowest BCUT2D eigenvalue weighted by atomic mass is 10.1. The first kappa shape index (κ1) is 11.2. The topological polar surface area (TPSA) is 80.4 Å². The molecule has 4 nitrogen and oxygen atoms in total. The highest BCUT2D eigenvalue weighted by molar-refractivity contribution is 9.11. The van der Waals surface area contributed by atoms with Gasteiger partial charge >= 0.3 is 5.97 Å². The van der Waals surface area contributed by atoms with Gasteiger partial charge in [-0.15, -0.1) is 0 Å². The van der Waals surface area contributed by atoms with Crippen LogP contribution in [0.25, 0.3) is 0 Å². The molecule has 3 N–H and O–H groups in total. The number of carbonyl (C=O) groups is 2. The number of carbonyl (C=O) groups excluding carboxylic acids is 1. The van der Waals surface area contributed by atoms with Gasteiger partial charge in [0.2, 0.25) is 5.91 Å². The summed E-state index contributed by atoms with van der Waals surface area (Å²) >= 11 is 6.11. The van der Waals surface area contributed by atoms with Crippen LogP contribution in [0.3, 0.4) is 0 Å². The molecule has 1 amide bonds. The number of nitrogens with two attached hydrogens (primary N) is 1. The lowest BCUT2D eigenvalue weighted by Crippen LogP contribution is -2.12. The zero-order chi connectivity index (χ0) is 10.9. The second-order valence-corrected chi connectivity index (χ2v) is 4.19. The van der Waals surface area contributed by atoms with Crippen LogP contribution in [-0.4, -0.2) is 17.0 Å². The number of carboxylic acid groups (broad SMARTS) is 1. The van der Waals surface area contributed by atoms with E-state index in [4.69, 9.17) is 10.8 Å². The minimum atomic E-state index is -1.08. The number of benzene rings is 1. The fraction of sp³-hybridized carbons (Fsp3) is 0. The predicted molar refractivity (Wildman–Crippen MR) is 57.3 cm³/mol. The number of amides is 1. The first-order chi connectivity index (χ1) is 6.43. The van der Waals surface area contributed by atoms with Gasteiger partial charge in [-0.2, -0.15) is 0 Å². The first-order valence-electron chi connectivity index (χ1n) is 3.45. The van der Waals surface area contributed by atoms with Crippen LogP contribution in [0.4, 0.5) is 0 Å². The van der Waals surface area contributed by atoms with Crippen molar-refractivity contribution in [3.63, 3.8) is 0 Å². The Morgan fingerprint density at radius 2 is 1.57 bits per heavy atom. The van der Waals surface area contributed by atoms with E-state index in [1.54, 1.807) is 0 Å². The third kappa shape index (κ3) is 2.13. The molecule has 0 aromatic heterocycles. The quantitative estimate of drug-likeness (QED) is 0.874. The van der Waals surface area contributed by atoms with Gasteiger partial charge in [-0.1, -0.05) is 0 Å². The Morgan fingerprint density at radius 1 is 1.14 bits per heavy atom. The summed E-state index contributed by atoms with van der Waals surface area (Å²) in [5.41, 5.74) is 5.38. The van der Waals surface area contributed by atoms with E-state index >= 15 is 0 Å². The van der Waals surface area contributed by atoms with Crippen LogP contribution in [0.5, 0.6) is 0 Å². The number of aromatic carboxylic acids is 1. The molecule has 0 saturated carbocycles. The van der Waals surface area contributed by atoms with E-state index < -0.39 is 11.9 Å². The first-order valence-corrected chi connectivity index (χ1v) is 5.04. The van der Waals surface area contributed by atoms with E-state index in [1.165, 1.54) is 12.1 Å². The van der Waals surface area contributed by atoms with Crippen LogP contribution in [0, 0.1) is 0 Å². The fourth-order valence-electron chi connectivity index (χ4n) is 0.900. The molecule has 6 heteroatoms. The van der Waals surface area contributed by atoms with Gasteiger partial charge in [0, 0.05) is 8.95 Å². The van der Waals surface area contributed by atoms with E-state index in [9.17, 15) is 9.59 Å². The molecule has 14 heavy (non-hydrogen) atoms. The largest absolute Gasteiger partial charge is 0.478 e. The molecule has 0 saturated heterocycles. The summed E-state index contributed by atoms with van der Waals surface area (Å²) < 4.78 is 0.688. The smallest absolute Gasteiger partial charge is 0.336 e. The minimum absolute atomic E-state index is 0.0712. The molecule has 0 aliphatic heterocycles. The van der Waals surface area contributed by atoms with E-state index in [2.05, 4.69) is 31.9 Å². The van der Waals surface area contributed by atoms with E-state index in [1.807, 2.05) is 0 Å². The van der Waals surface area contributed by atoms with Crippen molar-refractivity contribution in [2.75, 3.05) is 0 Å². The summed E-state index contributed by atoms with van der Waals surface area (Å²) in [6.07, 6.45) is 0. The second kappa shape index (κ2) is 4.10. The van der Waals surface area contributed by atoms with Gasteiger partial charge in [-0.3, -0.25) is 4.79 Å². The number of hydrogen-bond acceptors (Lipinski definition) is 2. The molecule has 0 unspecified atom stereocenters. The molecule has 1 aromatic carbocycles. The molecule has 0 aliphatic carbocycles. The average molecular weight is 323 g/mol. The Hall–Kier alpha value is -0.880. The van der Waals surface area contributed by atoms with Crippen LogP contribution in [0.15, 0.2) is 21.1 Å². The lowest BCUT2D eigenvalue weighted by molar-refractivity contribution is 0.0695. The lowest BCUT2D eigenvalue weighted by Gasteiger charge is -2.04. The van der Waals surface area contributed by atoms with Gasteiger partial charge in [0.05, 0.1) is 11.1 Å². The Bertz CT molecular complexity index is 378. The van der Waals surface area contributed by atoms with E-state index in [-0.39, 0.29) is 11.1 Å². The highest BCUT2D eigenvalue weighted by Crippen LogP contribution is 2.25. The SMILES string of the molecule is NC(=O)c1cc(Br)c(C(=O)O)cc1Br. The van der Waals surface area contributed by atoms with Crippen LogP contribution < -0.4 is 5.73 Å². The van der Waals surface area contributed by atoms with Crippen molar-refractivity contribution in [1.29, 1.82) is 0 Å². The zero-order valence-corrected chi connectivity index (χ0v) is 9.92. The summed E-state index contributed by atoms with van der Waals surface area (Å²) in [4.78, 5) is 21.6. The maximum Gasteiger partial charge on any atom is 0.336 e. The van der Waals surface area contributed by atoms with Gasteiger partial charge in [0.15, 0.2) is 0 Å². The van der Waals surface area contributed by atoms with Gasteiger partial charge in [-0.25, -0.2) is 4.79 Å². The molecule has 0 heterocycles. The second-order valence-electron chi connectivity index (χ2n) is 2.48. The minimum Gasteiger partial charge on any atom is -0.478 e. The van der Waals surface area contributed by atoms with Crippen molar-refractivity contribution in [3.05, 3.63) is 32.2 Å². The summed E-state index contributed by atoms with van der Waals surface area (Å²) in [6.45, 7) is 0. The Balaban J connectivity index is 3.38. The monoisotopic (exact) mass is 321 g/mol. The molecule has 1 aromatic rings. The summed E-state index contributed by atoms with van der Waals surface area (Å²) in [5, 5.41) is 8.75. The standard InChI is InChI=1S/C8H5Br2NO3/c9-5-2-4(8(13)14)6(10)1-3(5)7(11)12/h1-2H,(H2,11,12)(H,13,14). The summed E-state index contributed by atoms with van der Waals surface area (Å²) in [5.74, 6) is -1.69. The Labute approximate surface area is 96.4 Å². The van der Waals surface area contributed by atoms with E-state index in [0.29, 0.717) is 8.95 Å². The molecular weight excluding hydrogens is 318 g/mol. The Morgan fingerprint density at radius 3 is 2.00 bits per heavy atom. The molecule has 1 rings (SSSR count). The normalized spacial score (nSPS) is 9.86. The highest BCUT2D eigenvalue weighted by Gasteiger charge is 2.14. The summed E-state index contributed by atoms with van der Waals surface area (Å²) in [7, 11) is 0. The van der Waals surface area contributed by atoms with Gasteiger partial charge in [0.1, 0.15) is 0 Å². The van der Waals surface area contributed by atoms with Crippen LogP contribution >= 0.6 is 31.9 Å². The molecular formula is C8H5Br2NO3. The van der Waals surface area contributed by atoms with Gasteiger partial charge < -0.3 is 10.8 Å². The molecule has 0 bridgehead atoms. The molecule has 0 aliphatic rings. The third-order valence-electron chi connectivity index (χ3n) is 1.55. The predicted octanol–water partition coefficient (Wildman–Crippen LogP) is 2.01. The van der Waals surface area contributed by atoms with Crippen LogP contribution in [-0.2, 0) is 0 Å². The number of primary amides is 1. The highest BCUT2D eigenvalue weighted by atomic mass is 79.9. The van der Waals surface area contributed by atoms with Crippen molar-refractivity contribution in [2.45, 2.75) is 0 Å². The maximum atomic E-state index is 10.9. The average Bonchev–Trinajstić information content (AvgIpc) is 2.07. The molecule has 0 atom stereocenters. The number of hydrogen-bond donors (Lipinski definition) is 2. The number of rotatable bonds is 2. The van der Waals surface area contributed by atoms with Crippen molar-refractivity contribution in [3.8, 4) is 0 Å². The van der Waals surface area contributed by atoms with Crippen LogP contribution in [0.1, 0.15) is 20.7 Å². The van der Waals surface area contributed by atoms with Gasteiger partial charge in [0.25, 0.3) is 0 Å². The van der Waals surface area contributed by atoms with Gasteiger partial charge in [-0.05, 0) is 44.0 Å². The molecule has 0 fully saturated rings. The molecule has 74 valence electrons. The van der Waals surface area contributed by atoms with Crippen molar-refractivity contribution >= 4 is 43.7 Å². The Kier molecular flexibility index (Phi) is 3.28. The number of halogens is 2. The third-order valence-corrected chi connectivity index (χ3v) is 2.86. The molecule has 0 spiro atoms. The summed E-state index contributed by atoms with van der Waals surface area (Å²) in [6, 6.07) is 2.70. The fourth-order valence-corrected chi connectivity index (χ4v) is 1.95. The van der Waals surface area contributed by atoms with Crippen molar-refractivity contribution in [2.24, 2.45) is 5.73 Å². The van der Waals surface area contributed by atoms with Crippen molar-refractivity contribution < 1.29 is 14.7 Å². The van der Waals surface area contributed by atoms with Crippen LogP contribution in [0.2, 0.25) is 0 Å². The van der Waals surface area contributed by atoms with Crippen molar-refractivity contribution in [1.82, 2.24) is 0 Å². The molecule has 0 radical (unpaired) electrons. The maximum absolute atomic E-state index is 10.9.